The van der Waals surface area contributed by atoms with Crippen molar-refractivity contribution in [3.8, 4) is 5.75 Å². The molecule has 1 aromatic rings. The highest BCUT2D eigenvalue weighted by Crippen LogP contribution is 2.25. The minimum absolute atomic E-state index is 0.0812. The van der Waals surface area contributed by atoms with Crippen molar-refractivity contribution in [3.63, 3.8) is 0 Å². The molecule has 21 heavy (non-hydrogen) atoms. The Bertz CT molecular complexity index is 504. The smallest absolute Gasteiger partial charge is 0.170 e. The molecule has 1 fully saturated rings. The molecule has 1 aliphatic heterocycles. The number of likely N-dealkylation sites (tertiary alicyclic amines) is 1. The maximum absolute atomic E-state index is 13.9. The number of hydrogen-bond acceptors (Lipinski definition) is 3. The summed E-state index contributed by atoms with van der Waals surface area (Å²) in [4.78, 5) is 14.7. The number of ether oxygens (including phenoxy) is 1. The zero-order chi connectivity index (χ0) is 15.4. The Kier molecular flexibility index (Phi) is 5.34. The number of carbonyl (C=O) groups is 1. The first-order valence-corrected chi connectivity index (χ1v) is 7.64. The van der Waals surface area contributed by atoms with E-state index in [1.54, 1.807) is 12.1 Å². The summed E-state index contributed by atoms with van der Waals surface area (Å²) < 4.78 is 19.0. The summed E-state index contributed by atoms with van der Waals surface area (Å²) in [7, 11) is 1.46. The molecule has 0 spiro atoms. The van der Waals surface area contributed by atoms with Crippen LogP contribution in [0.2, 0.25) is 0 Å². The zero-order valence-electron chi connectivity index (χ0n) is 13.1. The molecule has 2 unspecified atom stereocenters. The second kappa shape index (κ2) is 7.03. The van der Waals surface area contributed by atoms with Crippen LogP contribution < -0.4 is 4.74 Å². The third kappa shape index (κ3) is 3.62. The predicted octanol–water partition coefficient (Wildman–Crippen LogP) is 3.53. The first kappa shape index (κ1) is 16.0. The fraction of sp³-hybridized carbons (Fsp3) is 0.588. The molecule has 0 amide bonds. The monoisotopic (exact) mass is 293 g/mol. The molecule has 4 heteroatoms. The van der Waals surface area contributed by atoms with Gasteiger partial charge in [0, 0.05) is 19.0 Å². The minimum atomic E-state index is -0.501. The van der Waals surface area contributed by atoms with Crippen molar-refractivity contribution < 1.29 is 13.9 Å². The maximum atomic E-state index is 13.9. The van der Waals surface area contributed by atoms with Gasteiger partial charge in [0.25, 0.3) is 0 Å². The van der Waals surface area contributed by atoms with Gasteiger partial charge in [-0.2, -0.15) is 0 Å². The van der Waals surface area contributed by atoms with Crippen molar-refractivity contribution in [2.24, 2.45) is 5.92 Å². The summed E-state index contributed by atoms with van der Waals surface area (Å²) in [6.45, 7) is 6.16. The number of ketones is 1. The SMILES string of the molecule is COc1cccc(F)c1C(=O)CCN1CCCC(C)C1C. The number of benzene rings is 1. The van der Waals surface area contributed by atoms with E-state index in [0.717, 1.165) is 6.54 Å². The summed E-state index contributed by atoms with van der Waals surface area (Å²) in [5, 5.41) is 0. The summed E-state index contributed by atoms with van der Waals surface area (Å²) in [5.41, 5.74) is 0.0812. The molecule has 0 aromatic heterocycles. The van der Waals surface area contributed by atoms with E-state index >= 15 is 0 Å². The number of carbonyl (C=O) groups excluding carboxylic acids is 1. The van der Waals surface area contributed by atoms with Gasteiger partial charge >= 0.3 is 0 Å². The standard InChI is InChI=1S/C17H24FNO2/c1-12-6-5-10-19(13(12)2)11-9-15(20)17-14(18)7-4-8-16(17)21-3/h4,7-8,12-13H,5-6,9-11H2,1-3H3. The molecular weight excluding hydrogens is 269 g/mol. The van der Waals surface area contributed by atoms with Gasteiger partial charge in [-0.3, -0.25) is 9.69 Å². The normalized spacial score (nSPS) is 23.0. The lowest BCUT2D eigenvalue weighted by Gasteiger charge is -2.37. The lowest BCUT2D eigenvalue weighted by molar-refractivity contribution is 0.0872. The summed E-state index contributed by atoms with van der Waals surface area (Å²) in [6.07, 6.45) is 2.74. The quantitative estimate of drug-likeness (QED) is 0.778. The van der Waals surface area contributed by atoms with Crippen molar-refractivity contribution in [1.82, 2.24) is 4.90 Å². The van der Waals surface area contributed by atoms with Crippen molar-refractivity contribution in [1.29, 1.82) is 0 Å². The number of piperidine rings is 1. The fourth-order valence-electron chi connectivity index (χ4n) is 3.05. The zero-order valence-corrected chi connectivity index (χ0v) is 13.1. The van der Waals surface area contributed by atoms with E-state index in [9.17, 15) is 9.18 Å². The van der Waals surface area contributed by atoms with E-state index in [4.69, 9.17) is 4.74 Å². The van der Waals surface area contributed by atoms with Crippen LogP contribution in [0.25, 0.3) is 0 Å². The second-order valence-electron chi connectivity index (χ2n) is 5.89. The van der Waals surface area contributed by atoms with Crippen LogP contribution in [0.4, 0.5) is 4.39 Å². The van der Waals surface area contributed by atoms with Crippen molar-refractivity contribution >= 4 is 5.78 Å². The number of nitrogens with zero attached hydrogens (tertiary/aromatic N) is 1. The lowest BCUT2D eigenvalue weighted by atomic mass is 9.91. The summed E-state index contributed by atoms with van der Waals surface area (Å²) in [5.74, 6) is 0.284. The van der Waals surface area contributed by atoms with Crippen LogP contribution in [-0.2, 0) is 0 Å². The number of rotatable bonds is 5. The number of hydrogen-bond donors (Lipinski definition) is 0. The van der Waals surface area contributed by atoms with E-state index in [1.807, 2.05) is 0 Å². The Hall–Kier alpha value is -1.42. The molecule has 2 rings (SSSR count). The first-order chi connectivity index (χ1) is 10.0. The van der Waals surface area contributed by atoms with E-state index in [2.05, 4.69) is 18.7 Å². The van der Waals surface area contributed by atoms with Crippen LogP contribution in [0.15, 0.2) is 18.2 Å². The average Bonchev–Trinajstić information content (AvgIpc) is 2.48. The van der Waals surface area contributed by atoms with Crippen LogP contribution in [0.5, 0.6) is 5.75 Å². The molecule has 0 aliphatic carbocycles. The van der Waals surface area contributed by atoms with Gasteiger partial charge in [0.05, 0.1) is 12.7 Å². The molecule has 1 saturated heterocycles. The Labute approximate surface area is 126 Å². The molecule has 3 nitrogen and oxygen atoms in total. The third-order valence-electron chi connectivity index (χ3n) is 4.60. The van der Waals surface area contributed by atoms with E-state index in [-0.39, 0.29) is 11.3 Å². The molecule has 0 N–H and O–H groups in total. The maximum Gasteiger partial charge on any atom is 0.170 e. The molecule has 2 atom stereocenters. The lowest BCUT2D eigenvalue weighted by Crippen LogP contribution is -2.43. The van der Waals surface area contributed by atoms with E-state index in [1.165, 1.54) is 26.0 Å². The van der Waals surface area contributed by atoms with E-state index in [0.29, 0.717) is 30.7 Å². The summed E-state index contributed by atoms with van der Waals surface area (Å²) in [6, 6.07) is 4.97. The number of halogens is 1. The van der Waals surface area contributed by atoms with Crippen LogP contribution >= 0.6 is 0 Å². The number of Topliss-reactive ketones (excluding diaryl/α,β-unsaturated/α-hetero) is 1. The largest absolute Gasteiger partial charge is 0.496 e. The van der Waals surface area contributed by atoms with Gasteiger partial charge in [0.1, 0.15) is 11.6 Å². The van der Waals surface area contributed by atoms with Crippen molar-refractivity contribution in [3.05, 3.63) is 29.6 Å². The highest BCUT2D eigenvalue weighted by atomic mass is 19.1. The predicted molar refractivity (Wildman–Crippen MR) is 81.3 cm³/mol. The second-order valence-corrected chi connectivity index (χ2v) is 5.89. The molecule has 0 saturated carbocycles. The topological polar surface area (TPSA) is 29.5 Å². The molecule has 1 aromatic carbocycles. The Morgan fingerprint density at radius 2 is 2.19 bits per heavy atom. The molecular formula is C17H24FNO2. The summed E-state index contributed by atoms with van der Waals surface area (Å²) >= 11 is 0. The van der Waals surface area contributed by atoms with Crippen molar-refractivity contribution in [2.45, 2.75) is 39.2 Å². The Morgan fingerprint density at radius 3 is 2.90 bits per heavy atom. The van der Waals surface area contributed by atoms with Gasteiger partial charge < -0.3 is 4.74 Å². The van der Waals surface area contributed by atoms with E-state index < -0.39 is 5.82 Å². The van der Waals surface area contributed by atoms with Crippen LogP contribution in [0.3, 0.4) is 0 Å². The van der Waals surface area contributed by atoms with Gasteiger partial charge in [-0.05, 0) is 44.4 Å². The molecule has 1 heterocycles. The minimum Gasteiger partial charge on any atom is -0.496 e. The Morgan fingerprint density at radius 1 is 1.43 bits per heavy atom. The van der Waals surface area contributed by atoms with Crippen LogP contribution in [0, 0.1) is 11.7 Å². The molecule has 0 bridgehead atoms. The van der Waals surface area contributed by atoms with Crippen LogP contribution in [0.1, 0.15) is 43.5 Å². The van der Waals surface area contributed by atoms with Crippen LogP contribution in [-0.4, -0.2) is 36.9 Å². The van der Waals surface area contributed by atoms with Gasteiger partial charge in [-0.15, -0.1) is 0 Å². The Balaban J connectivity index is 2.02. The average molecular weight is 293 g/mol. The molecule has 116 valence electrons. The fourth-order valence-corrected chi connectivity index (χ4v) is 3.05. The van der Waals surface area contributed by atoms with Crippen molar-refractivity contribution in [2.75, 3.05) is 20.2 Å². The first-order valence-electron chi connectivity index (χ1n) is 7.64. The highest BCUT2D eigenvalue weighted by Gasteiger charge is 2.25. The van der Waals surface area contributed by atoms with Gasteiger partial charge in [0.2, 0.25) is 0 Å². The van der Waals surface area contributed by atoms with Gasteiger partial charge in [-0.1, -0.05) is 13.0 Å². The molecule has 0 radical (unpaired) electrons. The number of methoxy groups -OCH3 is 1. The van der Waals surface area contributed by atoms with Gasteiger partial charge in [0.15, 0.2) is 5.78 Å². The van der Waals surface area contributed by atoms with Gasteiger partial charge in [-0.25, -0.2) is 4.39 Å². The highest BCUT2D eigenvalue weighted by molar-refractivity contribution is 5.99. The molecule has 1 aliphatic rings. The third-order valence-corrected chi connectivity index (χ3v) is 4.60.